The van der Waals surface area contributed by atoms with E-state index in [0.29, 0.717) is 22.8 Å². The lowest BCUT2D eigenvalue weighted by Gasteiger charge is -2.07. The predicted molar refractivity (Wildman–Crippen MR) is 102 cm³/mol. The molecule has 0 aliphatic carbocycles. The van der Waals surface area contributed by atoms with Gasteiger partial charge < -0.3 is 9.05 Å². The highest BCUT2D eigenvalue weighted by Gasteiger charge is 2.19. The number of benzene rings is 1. The van der Waals surface area contributed by atoms with Crippen molar-refractivity contribution < 1.29 is 13.8 Å². The van der Waals surface area contributed by atoms with Gasteiger partial charge in [0.15, 0.2) is 5.82 Å². The summed E-state index contributed by atoms with van der Waals surface area (Å²) in [7, 11) is 0. The first-order valence-corrected chi connectivity index (χ1v) is 8.85. The van der Waals surface area contributed by atoms with Gasteiger partial charge in [0.2, 0.25) is 5.82 Å². The second kappa shape index (κ2) is 7.89. The fourth-order valence-corrected chi connectivity index (χ4v) is 2.52. The van der Waals surface area contributed by atoms with Crippen LogP contribution in [0.4, 0.5) is 6.01 Å². The number of hydrogen-bond donors (Lipinski definition) is 2. The molecule has 0 fully saturated rings. The lowest BCUT2D eigenvalue weighted by atomic mass is 10.1. The molecule has 3 aromatic heterocycles. The largest absolute Gasteiger partial charge is 0.340 e. The summed E-state index contributed by atoms with van der Waals surface area (Å²) < 4.78 is 10.4. The molecule has 29 heavy (non-hydrogen) atoms. The highest BCUT2D eigenvalue weighted by atomic mass is 16.5. The van der Waals surface area contributed by atoms with Crippen LogP contribution in [0.5, 0.6) is 0 Å². The standard InChI is InChI=1S/C19H17N7O3/c1-11(2)15-21-18(28-25-15)14-6-4-3-5-13(14)17(27)23-24-19-22-16(26-29-19)12-7-9-20-10-8-12/h3-11H,1-2H3,(H,23,27)(H,22,24,26). The minimum atomic E-state index is -0.423. The second-order valence-corrected chi connectivity index (χ2v) is 6.40. The van der Waals surface area contributed by atoms with Crippen molar-refractivity contribution >= 4 is 11.9 Å². The predicted octanol–water partition coefficient (Wildman–Crippen LogP) is 3.06. The second-order valence-electron chi connectivity index (χ2n) is 6.40. The number of aromatic nitrogens is 5. The highest BCUT2D eigenvalue weighted by molar-refractivity contribution is 6.00. The van der Waals surface area contributed by atoms with Crippen molar-refractivity contribution in [2.45, 2.75) is 19.8 Å². The van der Waals surface area contributed by atoms with E-state index in [0.717, 1.165) is 5.56 Å². The van der Waals surface area contributed by atoms with E-state index < -0.39 is 5.91 Å². The van der Waals surface area contributed by atoms with Crippen LogP contribution in [0.15, 0.2) is 57.8 Å². The Bertz CT molecular complexity index is 1120. The number of rotatable bonds is 6. The first kappa shape index (κ1) is 18.3. The van der Waals surface area contributed by atoms with E-state index in [1.165, 1.54) is 0 Å². The Morgan fingerprint density at radius 3 is 2.55 bits per heavy atom. The van der Waals surface area contributed by atoms with Crippen LogP contribution in [0.1, 0.15) is 35.9 Å². The van der Waals surface area contributed by atoms with E-state index >= 15 is 0 Å². The lowest BCUT2D eigenvalue weighted by molar-refractivity contribution is 0.0961. The van der Waals surface area contributed by atoms with Crippen molar-refractivity contribution in [3.63, 3.8) is 0 Å². The Morgan fingerprint density at radius 2 is 1.79 bits per heavy atom. The average molecular weight is 391 g/mol. The summed E-state index contributed by atoms with van der Waals surface area (Å²) in [5, 5.41) is 7.81. The van der Waals surface area contributed by atoms with Gasteiger partial charge in [-0.2, -0.15) is 9.97 Å². The molecule has 3 heterocycles. The van der Waals surface area contributed by atoms with E-state index in [1.54, 1.807) is 48.8 Å². The molecule has 4 aromatic rings. The van der Waals surface area contributed by atoms with Gasteiger partial charge in [0.05, 0.1) is 11.1 Å². The van der Waals surface area contributed by atoms with E-state index in [-0.39, 0.29) is 17.8 Å². The first-order chi connectivity index (χ1) is 14.1. The molecule has 0 radical (unpaired) electrons. The van der Waals surface area contributed by atoms with Crippen LogP contribution in [0.3, 0.4) is 0 Å². The van der Waals surface area contributed by atoms with Crippen LogP contribution >= 0.6 is 0 Å². The number of amides is 1. The zero-order valence-corrected chi connectivity index (χ0v) is 15.7. The van der Waals surface area contributed by atoms with Crippen LogP contribution < -0.4 is 10.9 Å². The topological polar surface area (TPSA) is 132 Å². The maximum atomic E-state index is 12.7. The molecule has 146 valence electrons. The van der Waals surface area contributed by atoms with Crippen molar-refractivity contribution in [1.82, 2.24) is 30.7 Å². The molecule has 0 atom stereocenters. The summed E-state index contributed by atoms with van der Waals surface area (Å²) in [4.78, 5) is 25.1. The van der Waals surface area contributed by atoms with E-state index in [1.807, 2.05) is 13.8 Å². The fraction of sp³-hybridized carbons (Fsp3) is 0.158. The summed E-state index contributed by atoms with van der Waals surface area (Å²) in [5.41, 5.74) is 6.76. The van der Waals surface area contributed by atoms with Crippen molar-refractivity contribution in [3.8, 4) is 22.8 Å². The van der Waals surface area contributed by atoms with Gasteiger partial charge in [-0.05, 0) is 24.3 Å². The van der Waals surface area contributed by atoms with Crippen molar-refractivity contribution in [2.75, 3.05) is 5.43 Å². The number of hydrogen-bond acceptors (Lipinski definition) is 9. The fourth-order valence-electron chi connectivity index (χ4n) is 2.52. The van der Waals surface area contributed by atoms with Gasteiger partial charge in [-0.15, -0.1) is 0 Å². The minimum Gasteiger partial charge on any atom is -0.334 e. The van der Waals surface area contributed by atoms with Gasteiger partial charge in [0, 0.05) is 23.9 Å². The molecule has 4 rings (SSSR count). The third-order valence-corrected chi connectivity index (χ3v) is 4.01. The molecular weight excluding hydrogens is 374 g/mol. The monoisotopic (exact) mass is 391 g/mol. The molecule has 10 heteroatoms. The third kappa shape index (κ3) is 3.95. The molecule has 0 aliphatic rings. The molecule has 1 amide bonds. The quantitative estimate of drug-likeness (QED) is 0.476. The van der Waals surface area contributed by atoms with E-state index in [4.69, 9.17) is 9.05 Å². The molecule has 0 aliphatic heterocycles. The third-order valence-electron chi connectivity index (χ3n) is 4.01. The summed E-state index contributed by atoms with van der Waals surface area (Å²) in [5.74, 6) is 0.910. The van der Waals surface area contributed by atoms with E-state index in [9.17, 15) is 4.79 Å². The van der Waals surface area contributed by atoms with Crippen LogP contribution in [0, 0.1) is 0 Å². The summed E-state index contributed by atoms with van der Waals surface area (Å²) in [6.45, 7) is 3.92. The number of pyridine rings is 1. The maximum Gasteiger partial charge on any atom is 0.340 e. The Morgan fingerprint density at radius 1 is 1.00 bits per heavy atom. The van der Waals surface area contributed by atoms with E-state index in [2.05, 4.69) is 36.1 Å². The number of carbonyl (C=O) groups excluding carboxylic acids is 1. The number of anilines is 1. The van der Waals surface area contributed by atoms with Crippen molar-refractivity contribution in [1.29, 1.82) is 0 Å². The number of hydrazine groups is 1. The average Bonchev–Trinajstić information content (AvgIpc) is 3.43. The van der Waals surface area contributed by atoms with Crippen molar-refractivity contribution in [3.05, 3.63) is 60.2 Å². The number of nitrogens with one attached hydrogen (secondary N) is 2. The van der Waals surface area contributed by atoms with Crippen LogP contribution in [0.25, 0.3) is 22.8 Å². The van der Waals surface area contributed by atoms with Crippen LogP contribution in [-0.2, 0) is 0 Å². The Hall–Kier alpha value is -4.08. The van der Waals surface area contributed by atoms with Crippen LogP contribution in [-0.4, -0.2) is 31.2 Å². The summed E-state index contributed by atoms with van der Waals surface area (Å²) >= 11 is 0. The molecule has 2 N–H and O–H groups in total. The van der Waals surface area contributed by atoms with Gasteiger partial charge in [-0.3, -0.25) is 15.2 Å². The molecule has 0 bridgehead atoms. The highest BCUT2D eigenvalue weighted by Crippen LogP contribution is 2.24. The number of carbonyl (C=O) groups is 1. The molecular formula is C19H17N7O3. The van der Waals surface area contributed by atoms with Gasteiger partial charge >= 0.3 is 6.01 Å². The molecule has 0 spiro atoms. The Labute approximate surface area is 165 Å². The first-order valence-electron chi connectivity index (χ1n) is 8.85. The van der Waals surface area contributed by atoms with Crippen molar-refractivity contribution in [2.24, 2.45) is 0 Å². The molecule has 0 saturated heterocycles. The lowest BCUT2D eigenvalue weighted by Crippen LogP contribution is -2.29. The Balaban J connectivity index is 1.49. The van der Waals surface area contributed by atoms with Gasteiger partial charge in [0.1, 0.15) is 0 Å². The SMILES string of the molecule is CC(C)c1noc(-c2ccccc2C(=O)NNc2nc(-c3ccncc3)no2)n1. The molecule has 0 saturated carbocycles. The maximum absolute atomic E-state index is 12.7. The molecule has 1 aromatic carbocycles. The van der Waals surface area contributed by atoms with Gasteiger partial charge in [-0.25, -0.2) is 5.43 Å². The summed E-state index contributed by atoms with van der Waals surface area (Å²) in [6.07, 6.45) is 3.25. The smallest absolute Gasteiger partial charge is 0.334 e. The minimum absolute atomic E-state index is 0.0440. The molecule has 10 nitrogen and oxygen atoms in total. The summed E-state index contributed by atoms with van der Waals surface area (Å²) in [6, 6.07) is 10.5. The van der Waals surface area contributed by atoms with Gasteiger partial charge in [-0.1, -0.05) is 36.3 Å². The molecule has 0 unspecified atom stereocenters. The van der Waals surface area contributed by atoms with Crippen LogP contribution in [0.2, 0.25) is 0 Å². The normalized spacial score (nSPS) is 10.9. The Kier molecular flexibility index (Phi) is 4.97. The zero-order chi connectivity index (χ0) is 20.2. The van der Waals surface area contributed by atoms with Gasteiger partial charge in [0.25, 0.3) is 11.8 Å². The zero-order valence-electron chi connectivity index (χ0n) is 15.7. The number of nitrogens with zero attached hydrogens (tertiary/aromatic N) is 5.